The summed E-state index contributed by atoms with van der Waals surface area (Å²) >= 11 is 0. The Balaban J connectivity index is 1.45. The van der Waals surface area contributed by atoms with Crippen molar-refractivity contribution in [2.45, 2.75) is 24.8 Å². The van der Waals surface area contributed by atoms with E-state index in [1.165, 1.54) is 17.7 Å². The molecule has 0 aliphatic heterocycles. The number of nitro benzene ring substituents is 1. The Morgan fingerprint density at radius 2 is 1.88 bits per heavy atom. The molecule has 2 aromatic rings. The van der Waals surface area contributed by atoms with Gasteiger partial charge in [-0.25, -0.2) is 4.79 Å². The number of amides is 2. The Bertz CT molecular complexity index is 746. The molecule has 0 aromatic heterocycles. The highest BCUT2D eigenvalue weighted by molar-refractivity contribution is 5.75. The van der Waals surface area contributed by atoms with Gasteiger partial charge in [-0.05, 0) is 24.0 Å². The molecule has 0 radical (unpaired) electrons. The normalized spacial score (nSPS) is 18.4. The van der Waals surface area contributed by atoms with Crippen LogP contribution in [0.4, 0.5) is 10.5 Å². The number of nitrogens with one attached hydrogen (secondary N) is 1. The number of benzene rings is 2. The van der Waals surface area contributed by atoms with E-state index in [-0.39, 0.29) is 17.8 Å². The zero-order valence-corrected chi connectivity index (χ0v) is 14.1. The summed E-state index contributed by atoms with van der Waals surface area (Å²) in [4.78, 5) is 24.2. The fraction of sp³-hybridized carbons (Fsp3) is 0.316. The van der Waals surface area contributed by atoms with E-state index in [4.69, 9.17) is 0 Å². The molecule has 1 aliphatic carbocycles. The maximum absolute atomic E-state index is 12.3. The first kappa shape index (κ1) is 17.0. The molecule has 0 bridgehead atoms. The molecule has 2 amide bonds. The van der Waals surface area contributed by atoms with Crippen LogP contribution in [-0.2, 0) is 6.42 Å². The van der Waals surface area contributed by atoms with Gasteiger partial charge in [-0.1, -0.05) is 42.5 Å². The first-order chi connectivity index (χ1) is 12.0. The molecule has 6 nitrogen and oxygen atoms in total. The maximum atomic E-state index is 12.3. The highest BCUT2D eigenvalue weighted by atomic mass is 16.6. The second-order valence-electron chi connectivity index (χ2n) is 6.40. The number of carbonyl (C=O) groups excluding carboxylic acids is 1. The Morgan fingerprint density at radius 1 is 1.20 bits per heavy atom. The van der Waals surface area contributed by atoms with Gasteiger partial charge in [0.25, 0.3) is 5.69 Å². The van der Waals surface area contributed by atoms with Crippen LogP contribution in [0, 0.1) is 10.1 Å². The first-order valence-electron chi connectivity index (χ1n) is 8.34. The molecule has 2 atom stereocenters. The first-order valence-corrected chi connectivity index (χ1v) is 8.34. The molecule has 0 saturated heterocycles. The highest BCUT2D eigenvalue weighted by Crippen LogP contribution is 2.40. The van der Waals surface area contributed by atoms with Crippen LogP contribution in [0.1, 0.15) is 23.5 Å². The molecular formula is C19H21N3O3. The van der Waals surface area contributed by atoms with Crippen molar-refractivity contribution in [1.29, 1.82) is 0 Å². The van der Waals surface area contributed by atoms with E-state index >= 15 is 0 Å². The largest absolute Gasteiger partial charge is 0.335 e. The van der Waals surface area contributed by atoms with Crippen molar-refractivity contribution in [3.8, 4) is 0 Å². The molecule has 1 saturated carbocycles. The van der Waals surface area contributed by atoms with Gasteiger partial charge in [0.15, 0.2) is 0 Å². The van der Waals surface area contributed by atoms with Gasteiger partial charge in [0.05, 0.1) is 4.92 Å². The third kappa shape index (κ3) is 4.35. The number of rotatable bonds is 6. The molecule has 2 unspecified atom stereocenters. The van der Waals surface area contributed by atoms with Crippen molar-refractivity contribution >= 4 is 11.7 Å². The number of hydrogen-bond acceptors (Lipinski definition) is 3. The molecule has 1 aliphatic rings. The quantitative estimate of drug-likeness (QED) is 0.648. The summed E-state index contributed by atoms with van der Waals surface area (Å²) in [5.74, 6) is 0.410. The van der Waals surface area contributed by atoms with Crippen molar-refractivity contribution in [3.63, 3.8) is 0 Å². The van der Waals surface area contributed by atoms with Crippen LogP contribution in [0.5, 0.6) is 0 Å². The van der Waals surface area contributed by atoms with Crippen LogP contribution < -0.4 is 5.32 Å². The number of carbonyl (C=O) groups is 1. The Hall–Kier alpha value is -2.89. The number of non-ortho nitro benzene ring substituents is 1. The average Bonchev–Trinajstić information content (AvgIpc) is 3.39. The molecule has 0 spiro atoms. The molecule has 1 fully saturated rings. The van der Waals surface area contributed by atoms with Crippen molar-refractivity contribution in [3.05, 3.63) is 75.8 Å². The van der Waals surface area contributed by atoms with E-state index < -0.39 is 4.92 Å². The Labute approximate surface area is 146 Å². The maximum Gasteiger partial charge on any atom is 0.317 e. The highest BCUT2D eigenvalue weighted by Gasteiger charge is 2.39. The topological polar surface area (TPSA) is 75.5 Å². The summed E-state index contributed by atoms with van der Waals surface area (Å²) in [6.07, 6.45) is 1.64. The zero-order chi connectivity index (χ0) is 17.8. The van der Waals surface area contributed by atoms with Crippen LogP contribution in [0.25, 0.3) is 0 Å². The Kier molecular flexibility index (Phi) is 4.97. The van der Waals surface area contributed by atoms with Gasteiger partial charge in [0.1, 0.15) is 0 Å². The van der Waals surface area contributed by atoms with Crippen LogP contribution in [0.3, 0.4) is 0 Å². The molecule has 6 heteroatoms. The van der Waals surface area contributed by atoms with E-state index in [2.05, 4.69) is 17.4 Å². The lowest BCUT2D eigenvalue weighted by atomic mass is 10.1. The number of nitro groups is 1. The van der Waals surface area contributed by atoms with Crippen molar-refractivity contribution in [2.75, 3.05) is 13.6 Å². The monoisotopic (exact) mass is 339 g/mol. The molecule has 2 aromatic carbocycles. The zero-order valence-electron chi connectivity index (χ0n) is 14.1. The smallest absolute Gasteiger partial charge is 0.317 e. The molecule has 1 N–H and O–H groups in total. The standard InChI is InChI=1S/C19H21N3O3/c1-21(12-11-14-7-9-16(10-8-14)22(24)25)19(23)20-18-13-17(18)15-5-3-2-4-6-15/h2-10,17-18H,11-13H2,1H3,(H,20,23). The van der Waals surface area contributed by atoms with Gasteiger partial charge in [0.2, 0.25) is 0 Å². The number of urea groups is 1. The van der Waals surface area contributed by atoms with Crippen molar-refractivity contribution in [2.24, 2.45) is 0 Å². The lowest BCUT2D eigenvalue weighted by Gasteiger charge is -2.18. The minimum atomic E-state index is -0.415. The average molecular weight is 339 g/mol. The van der Waals surface area contributed by atoms with E-state index in [0.717, 1.165) is 12.0 Å². The minimum absolute atomic E-state index is 0.0784. The predicted octanol–water partition coefficient (Wildman–Crippen LogP) is 3.33. The molecule has 25 heavy (non-hydrogen) atoms. The molecular weight excluding hydrogens is 318 g/mol. The predicted molar refractivity (Wildman–Crippen MR) is 95.6 cm³/mol. The van der Waals surface area contributed by atoms with Crippen LogP contribution in [-0.4, -0.2) is 35.5 Å². The summed E-state index contributed by atoms with van der Waals surface area (Å²) < 4.78 is 0. The third-order valence-corrected chi connectivity index (χ3v) is 4.56. The van der Waals surface area contributed by atoms with Gasteiger partial charge < -0.3 is 10.2 Å². The summed E-state index contributed by atoms with van der Waals surface area (Å²) in [6, 6.07) is 16.8. The fourth-order valence-electron chi connectivity index (χ4n) is 2.87. The van der Waals surface area contributed by atoms with E-state index in [9.17, 15) is 14.9 Å². The lowest BCUT2D eigenvalue weighted by molar-refractivity contribution is -0.384. The van der Waals surface area contributed by atoms with E-state index in [1.807, 2.05) is 18.2 Å². The summed E-state index contributed by atoms with van der Waals surface area (Å²) in [5, 5.41) is 13.7. The van der Waals surface area contributed by atoms with Gasteiger partial charge in [-0.2, -0.15) is 0 Å². The van der Waals surface area contributed by atoms with Gasteiger partial charge in [-0.3, -0.25) is 10.1 Å². The minimum Gasteiger partial charge on any atom is -0.335 e. The number of hydrogen-bond donors (Lipinski definition) is 1. The third-order valence-electron chi connectivity index (χ3n) is 4.56. The molecule has 130 valence electrons. The van der Waals surface area contributed by atoms with Crippen LogP contribution >= 0.6 is 0 Å². The number of likely N-dealkylation sites (N-methyl/N-ethyl adjacent to an activating group) is 1. The van der Waals surface area contributed by atoms with E-state index in [0.29, 0.717) is 18.9 Å². The number of nitrogens with zero attached hydrogens (tertiary/aromatic N) is 2. The SMILES string of the molecule is CN(CCc1ccc([N+](=O)[O-])cc1)C(=O)NC1CC1c1ccccc1. The molecule has 3 rings (SSSR count). The van der Waals surface area contributed by atoms with Crippen molar-refractivity contribution in [1.82, 2.24) is 10.2 Å². The van der Waals surface area contributed by atoms with Gasteiger partial charge >= 0.3 is 6.03 Å². The fourth-order valence-corrected chi connectivity index (χ4v) is 2.87. The van der Waals surface area contributed by atoms with Crippen LogP contribution in [0.15, 0.2) is 54.6 Å². The van der Waals surface area contributed by atoms with Gasteiger partial charge in [0, 0.05) is 37.7 Å². The summed E-state index contributed by atoms with van der Waals surface area (Å²) in [6.45, 7) is 0.562. The van der Waals surface area contributed by atoms with Crippen molar-refractivity contribution < 1.29 is 9.72 Å². The molecule has 0 heterocycles. The van der Waals surface area contributed by atoms with Gasteiger partial charge in [-0.15, -0.1) is 0 Å². The lowest BCUT2D eigenvalue weighted by Crippen LogP contribution is -2.39. The second-order valence-corrected chi connectivity index (χ2v) is 6.40. The van der Waals surface area contributed by atoms with Crippen LogP contribution in [0.2, 0.25) is 0 Å². The van der Waals surface area contributed by atoms with E-state index in [1.54, 1.807) is 24.1 Å². The second kappa shape index (κ2) is 7.34. The summed E-state index contributed by atoms with van der Waals surface area (Å²) in [5.41, 5.74) is 2.32. The summed E-state index contributed by atoms with van der Waals surface area (Å²) in [7, 11) is 1.76. The Morgan fingerprint density at radius 3 is 2.52 bits per heavy atom.